The van der Waals surface area contributed by atoms with Gasteiger partial charge in [0.15, 0.2) is 0 Å². The number of carbonyl (C=O) groups is 1. The van der Waals surface area contributed by atoms with E-state index in [2.05, 4.69) is 15.8 Å². The predicted molar refractivity (Wildman–Crippen MR) is 101 cm³/mol. The number of fused-ring (bicyclic) bond motifs is 1. The normalized spacial score (nSPS) is 13.7. The van der Waals surface area contributed by atoms with Crippen LogP contribution >= 0.6 is 0 Å². The van der Waals surface area contributed by atoms with Crippen LogP contribution in [0, 0.1) is 0 Å². The molecule has 0 saturated carbocycles. The smallest absolute Gasteiger partial charge is 0.406 e. The van der Waals surface area contributed by atoms with Gasteiger partial charge in [0.2, 0.25) is 0 Å². The molecule has 4 rings (SSSR count). The van der Waals surface area contributed by atoms with E-state index >= 15 is 0 Å². The highest BCUT2D eigenvalue weighted by Gasteiger charge is 2.31. The van der Waals surface area contributed by atoms with Gasteiger partial charge in [0.05, 0.1) is 11.3 Å². The lowest BCUT2D eigenvalue weighted by molar-refractivity contribution is -0.274. The number of benzene rings is 2. The number of halogens is 3. The Hall–Kier alpha value is -3.35. The number of amides is 1. The molecule has 0 spiro atoms. The third-order valence-electron chi connectivity index (χ3n) is 4.79. The molecule has 148 valence electrons. The first-order valence-corrected chi connectivity index (χ1v) is 9.07. The Morgan fingerprint density at radius 3 is 2.52 bits per heavy atom. The molecular formula is C22H17F3N2O2. The first-order chi connectivity index (χ1) is 13.9. The number of carbonyl (C=O) groups excluding carboxylic acids is 1. The SMILES string of the molecule is O=C(c1ccc(-c2cccc(OC(F)(F)F)c2)nc1)N1CCc2ccccc2C1. The number of aromatic nitrogens is 1. The molecule has 0 N–H and O–H groups in total. The third-order valence-corrected chi connectivity index (χ3v) is 4.79. The van der Waals surface area contributed by atoms with E-state index in [9.17, 15) is 18.0 Å². The highest BCUT2D eigenvalue weighted by molar-refractivity contribution is 5.94. The molecule has 1 aliphatic heterocycles. The van der Waals surface area contributed by atoms with E-state index in [0.717, 1.165) is 12.0 Å². The topological polar surface area (TPSA) is 42.4 Å². The minimum atomic E-state index is -4.75. The molecule has 29 heavy (non-hydrogen) atoms. The maximum Gasteiger partial charge on any atom is 0.573 e. The van der Waals surface area contributed by atoms with Crippen LogP contribution in [0.3, 0.4) is 0 Å². The first-order valence-electron chi connectivity index (χ1n) is 9.07. The number of hydrogen-bond acceptors (Lipinski definition) is 3. The predicted octanol–water partition coefficient (Wildman–Crippen LogP) is 4.85. The highest BCUT2D eigenvalue weighted by atomic mass is 19.4. The molecule has 0 unspecified atom stereocenters. The number of hydrogen-bond donors (Lipinski definition) is 0. The Morgan fingerprint density at radius 2 is 1.79 bits per heavy atom. The van der Waals surface area contributed by atoms with Crippen LogP contribution in [-0.2, 0) is 13.0 Å². The van der Waals surface area contributed by atoms with Crippen LogP contribution in [0.2, 0.25) is 0 Å². The van der Waals surface area contributed by atoms with Gasteiger partial charge in [-0.1, -0.05) is 36.4 Å². The number of alkyl halides is 3. The van der Waals surface area contributed by atoms with Crippen molar-refractivity contribution in [1.82, 2.24) is 9.88 Å². The Balaban J connectivity index is 1.50. The van der Waals surface area contributed by atoms with Crippen molar-refractivity contribution in [3.63, 3.8) is 0 Å². The van der Waals surface area contributed by atoms with Crippen molar-refractivity contribution >= 4 is 5.91 Å². The van der Waals surface area contributed by atoms with E-state index in [1.165, 1.54) is 30.0 Å². The molecular weight excluding hydrogens is 381 g/mol. The summed E-state index contributed by atoms with van der Waals surface area (Å²) in [5.74, 6) is -0.434. The molecule has 0 atom stereocenters. The maximum absolute atomic E-state index is 12.8. The fourth-order valence-corrected chi connectivity index (χ4v) is 3.40. The zero-order chi connectivity index (χ0) is 20.4. The molecule has 0 saturated heterocycles. The van der Waals surface area contributed by atoms with Crippen molar-refractivity contribution in [3.05, 3.63) is 83.6 Å². The maximum atomic E-state index is 12.8. The van der Waals surface area contributed by atoms with Crippen LogP contribution in [0.1, 0.15) is 21.5 Å². The van der Waals surface area contributed by atoms with Gasteiger partial charge in [0.1, 0.15) is 5.75 Å². The van der Waals surface area contributed by atoms with Gasteiger partial charge in [0, 0.05) is 24.8 Å². The van der Waals surface area contributed by atoms with Gasteiger partial charge in [-0.05, 0) is 41.8 Å². The number of pyridine rings is 1. The van der Waals surface area contributed by atoms with Crippen molar-refractivity contribution in [3.8, 4) is 17.0 Å². The van der Waals surface area contributed by atoms with Gasteiger partial charge in [-0.2, -0.15) is 0 Å². The van der Waals surface area contributed by atoms with E-state index in [-0.39, 0.29) is 11.7 Å². The second kappa shape index (κ2) is 7.58. The van der Waals surface area contributed by atoms with Gasteiger partial charge in [-0.3, -0.25) is 9.78 Å². The Labute approximate surface area is 165 Å². The zero-order valence-electron chi connectivity index (χ0n) is 15.3. The number of ether oxygens (including phenoxy) is 1. The molecule has 1 aromatic heterocycles. The van der Waals surface area contributed by atoms with E-state index in [1.807, 2.05) is 18.2 Å². The molecule has 0 aliphatic carbocycles. The van der Waals surface area contributed by atoms with Crippen LogP contribution in [-0.4, -0.2) is 28.7 Å². The monoisotopic (exact) mass is 398 g/mol. The second-order valence-corrected chi connectivity index (χ2v) is 6.75. The molecule has 0 bridgehead atoms. The standard InChI is InChI=1S/C22H17F3N2O2/c23-22(24,25)29-19-7-3-6-16(12-19)20-9-8-17(13-26-20)21(28)27-11-10-15-4-1-2-5-18(15)14-27/h1-9,12-13H,10-11,14H2. The lowest BCUT2D eigenvalue weighted by Crippen LogP contribution is -2.35. The van der Waals surface area contributed by atoms with Gasteiger partial charge >= 0.3 is 6.36 Å². The lowest BCUT2D eigenvalue weighted by Gasteiger charge is -2.28. The zero-order valence-corrected chi connectivity index (χ0v) is 15.3. The molecule has 2 aromatic carbocycles. The van der Waals surface area contributed by atoms with E-state index in [0.29, 0.717) is 29.9 Å². The summed E-state index contributed by atoms with van der Waals surface area (Å²) in [5.41, 5.74) is 3.76. The molecule has 0 fully saturated rings. The number of nitrogens with zero attached hydrogens (tertiary/aromatic N) is 2. The van der Waals surface area contributed by atoms with Gasteiger partial charge in [-0.15, -0.1) is 13.2 Å². The number of rotatable bonds is 3. The van der Waals surface area contributed by atoms with Crippen molar-refractivity contribution in [2.45, 2.75) is 19.3 Å². The first kappa shape index (κ1) is 19.0. The average molecular weight is 398 g/mol. The Bertz CT molecular complexity index is 1030. The third kappa shape index (κ3) is 4.39. The van der Waals surface area contributed by atoms with Crippen molar-refractivity contribution in [1.29, 1.82) is 0 Å². The Morgan fingerprint density at radius 1 is 1.00 bits per heavy atom. The quantitative estimate of drug-likeness (QED) is 0.634. The van der Waals surface area contributed by atoms with E-state index in [4.69, 9.17) is 0 Å². The molecule has 2 heterocycles. The lowest BCUT2D eigenvalue weighted by atomic mass is 9.99. The summed E-state index contributed by atoms with van der Waals surface area (Å²) >= 11 is 0. The highest BCUT2D eigenvalue weighted by Crippen LogP contribution is 2.27. The summed E-state index contributed by atoms with van der Waals surface area (Å²) in [6, 6.07) is 16.9. The summed E-state index contributed by atoms with van der Waals surface area (Å²) in [5, 5.41) is 0. The minimum absolute atomic E-state index is 0.118. The van der Waals surface area contributed by atoms with Gasteiger partial charge in [-0.25, -0.2) is 0 Å². The average Bonchev–Trinajstić information content (AvgIpc) is 2.72. The summed E-state index contributed by atoms with van der Waals surface area (Å²) in [6.07, 6.45) is -2.50. The van der Waals surface area contributed by atoms with E-state index in [1.54, 1.807) is 23.1 Å². The summed E-state index contributed by atoms with van der Waals surface area (Å²) in [7, 11) is 0. The fourth-order valence-electron chi connectivity index (χ4n) is 3.40. The van der Waals surface area contributed by atoms with Crippen molar-refractivity contribution in [2.24, 2.45) is 0 Å². The van der Waals surface area contributed by atoms with Gasteiger partial charge < -0.3 is 9.64 Å². The Kier molecular flexibility index (Phi) is 4.96. The van der Waals surface area contributed by atoms with Gasteiger partial charge in [0.25, 0.3) is 5.91 Å². The largest absolute Gasteiger partial charge is 0.573 e. The van der Waals surface area contributed by atoms with Crippen LogP contribution in [0.25, 0.3) is 11.3 Å². The molecule has 7 heteroatoms. The molecule has 1 aliphatic rings. The van der Waals surface area contributed by atoms with Crippen LogP contribution in [0.15, 0.2) is 66.9 Å². The summed E-state index contributed by atoms with van der Waals surface area (Å²) in [6.45, 7) is 1.18. The molecule has 4 nitrogen and oxygen atoms in total. The summed E-state index contributed by atoms with van der Waals surface area (Å²) < 4.78 is 41.2. The molecule has 0 radical (unpaired) electrons. The van der Waals surface area contributed by atoms with Crippen LogP contribution in [0.4, 0.5) is 13.2 Å². The van der Waals surface area contributed by atoms with E-state index < -0.39 is 6.36 Å². The fraction of sp³-hybridized carbons (Fsp3) is 0.182. The summed E-state index contributed by atoms with van der Waals surface area (Å²) in [4.78, 5) is 18.8. The molecule has 1 amide bonds. The molecule has 3 aromatic rings. The minimum Gasteiger partial charge on any atom is -0.406 e. The van der Waals surface area contributed by atoms with Crippen LogP contribution < -0.4 is 4.74 Å². The van der Waals surface area contributed by atoms with Crippen molar-refractivity contribution < 1.29 is 22.7 Å². The van der Waals surface area contributed by atoms with Crippen LogP contribution in [0.5, 0.6) is 5.75 Å². The van der Waals surface area contributed by atoms with Crippen molar-refractivity contribution in [2.75, 3.05) is 6.54 Å². The second-order valence-electron chi connectivity index (χ2n) is 6.75.